The van der Waals surface area contributed by atoms with Crippen LogP contribution >= 0.6 is 46.4 Å². The average Bonchev–Trinajstić information content (AvgIpc) is 2.63. The summed E-state index contributed by atoms with van der Waals surface area (Å²) >= 11 is 31.8. The molecule has 0 saturated heterocycles. The molecule has 0 aliphatic heterocycles. The third-order valence-corrected chi connectivity index (χ3v) is 4.00. The maximum atomic E-state index is 9.50. The van der Waals surface area contributed by atoms with Crippen molar-refractivity contribution in [1.82, 2.24) is 0 Å². The minimum Gasteiger partial charge on any atom is -0.741 e. The summed E-state index contributed by atoms with van der Waals surface area (Å²) in [6.45, 7) is 0. The first-order chi connectivity index (χ1) is 14.0. The van der Waals surface area contributed by atoms with E-state index in [9.17, 15) is 10.2 Å². The van der Waals surface area contributed by atoms with Gasteiger partial charge < -0.3 is 46.9 Å². The molecule has 0 atom stereocenters. The van der Waals surface area contributed by atoms with Gasteiger partial charge in [-0.1, -0.05) is 46.4 Å². The molecule has 8 nitrogen and oxygen atoms in total. The van der Waals surface area contributed by atoms with Gasteiger partial charge in [0.15, 0.2) is 0 Å². The molecule has 0 amide bonds. The van der Waals surface area contributed by atoms with Crippen molar-refractivity contribution in [3.63, 3.8) is 0 Å². The van der Waals surface area contributed by atoms with E-state index in [0.29, 0.717) is 21.2 Å². The minimum absolute atomic E-state index is 0. The van der Waals surface area contributed by atoms with Gasteiger partial charge in [-0.2, -0.15) is 20.4 Å². The van der Waals surface area contributed by atoms with Gasteiger partial charge in [-0.25, -0.2) is 0 Å². The third-order valence-electron chi connectivity index (χ3n) is 2.82. The van der Waals surface area contributed by atoms with Crippen LogP contribution in [-0.2, 0) is 42.3 Å². The number of nitrogens with two attached hydrogens (primary N) is 2. The van der Waals surface area contributed by atoms with Crippen molar-refractivity contribution in [3.05, 3.63) is 55.5 Å². The first kappa shape index (κ1) is 29.4. The van der Waals surface area contributed by atoms with Crippen LogP contribution in [0.1, 0.15) is 11.1 Å². The second kappa shape index (κ2) is 14.5. The molecule has 31 heavy (non-hydrogen) atoms. The molecular formula is C16H12Cl4FeN6O2S2-2. The van der Waals surface area contributed by atoms with Crippen molar-refractivity contribution >= 4 is 94.4 Å². The molecule has 0 aromatic heterocycles. The Kier molecular flexibility index (Phi) is 13.8. The van der Waals surface area contributed by atoms with Crippen molar-refractivity contribution in [1.29, 1.82) is 0 Å². The second-order valence-electron chi connectivity index (χ2n) is 5.02. The Labute approximate surface area is 219 Å². The fourth-order valence-electron chi connectivity index (χ4n) is 1.66. The normalized spacial score (nSPS) is 11.9. The van der Waals surface area contributed by atoms with Crippen LogP contribution in [-0.4, -0.2) is 33.0 Å². The topological polar surface area (TPSA) is 142 Å². The number of phenols is 2. The van der Waals surface area contributed by atoms with Gasteiger partial charge in [-0.3, -0.25) is 0 Å². The van der Waals surface area contributed by atoms with Gasteiger partial charge in [-0.05, 0) is 34.6 Å². The predicted molar refractivity (Wildman–Crippen MR) is 129 cm³/mol. The summed E-state index contributed by atoms with van der Waals surface area (Å²) < 4.78 is 0. The largest absolute Gasteiger partial charge is 0.741 e. The molecule has 168 valence electrons. The van der Waals surface area contributed by atoms with E-state index in [1.165, 1.54) is 36.7 Å². The molecule has 2 aromatic rings. The van der Waals surface area contributed by atoms with Crippen molar-refractivity contribution in [2.24, 2.45) is 31.9 Å². The summed E-state index contributed by atoms with van der Waals surface area (Å²) in [6, 6.07) is 5.81. The Balaban J connectivity index is 0.000000562. The SMILES string of the molecule is NC([S-])=NN=Cc1cc(Cl)cc(Cl)c1O.NC([S-])=NN=Cc1cc(Cl)cc(Cl)c1O.[Fe]. The van der Waals surface area contributed by atoms with E-state index in [0.717, 1.165) is 0 Å². The number of hydrogen-bond acceptors (Lipinski definition) is 8. The van der Waals surface area contributed by atoms with Crippen molar-refractivity contribution < 1.29 is 27.3 Å². The Morgan fingerprint density at radius 1 is 0.742 bits per heavy atom. The summed E-state index contributed by atoms with van der Waals surface area (Å²) in [6.07, 6.45) is 2.51. The zero-order valence-corrected chi connectivity index (χ0v) is 20.7. The van der Waals surface area contributed by atoms with E-state index in [2.05, 4.69) is 45.7 Å². The number of halogens is 4. The van der Waals surface area contributed by atoms with Gasteiger partial charge in [-0.15, -0.1) is 0 Å². The maximum absolute atomic E-state index is 9.50. The standard InChI is InChI=1S/2C8H7Cl2N3OS.Fe/c2*9-5-1-4(3-12-13-8(11)15)7(14)6(10)2-5;/h2*1-3,14H,(H3,11,13,15);/p-2. The second-order valence-corrected chi connectivity index (χ2v) is 7.54. The molecule has 15 heteroatoms. The van der Waals surface area contributed by atoms with E-state index < -0.39 is 0 Å². The van der Waals surface area contributed by atoms with Crippen LogP contribution in [0.3, 0.4) is 0 Å². The van der Waals surface area contributed by atoms with E-state index in [-0.39, 0.29) is 48.9 Å². The number of hydrogen-bond donors (Lipinski definition) is 4. The molecule has 2 aromatic carbocycles. The molecule has 6 N–H and O–H groups in total. The fourth-order valence-corrected chi connectivity index (χ4v) is 2.78. The first-order valence-electron chi connectivity index (χ1n) is 7.44. The molecule has 0 bridgehead atoms. The van der Waals surface area contributed by atoms with Crippen LogP contribution in [0.25, 0.3) is 0 Å². The molecule has 0 saturated carbocycles. The molecule has 0 aliphatic rings. The Morgan fingerprint density at radius 2 is 1.06 bits per heavy atom. The van der Waals surface area contributed by atoms with Crippen LogP contribution in [0, 0.1) is 0 Å². The van der Waals surface area contributed by atoms with Crippen LogP contribution in [0.4, 0.5) is 0 Å². The maximum Gasteiger partial charge on any atom is 0.143 e. The quantitative estimate of drug-likeness (QED) is 0.142. The Hall–Kier alpha value is -1.56. The molecule has 0 unspecified atom stereocenters. The van der Waals surface area contributed by atoms with Gasteiger partial charge >= 0.3 is 0 Å². The first-order valence-corrected chi connectivity index (χ1v) is 9.77. The summed E-state index contributed by atoms with van der Waals surface area (Å²) in [7, 11) is 0. The smallest absolute Gasteiger partial charge is 0.143 e. The summed E-state index contributed by atoms with van der Waals surface area (Å²) in [4.78, 5) is 0. The molecule has 0 aliphatic carbocycles. The monoisotopic (exact) mass is 580 g/mol. The van der Waals surface area contributed by atoms with Gasteiger partial charge in [0, 0.05) is 38.2 Å². The summed E-state index contributed by atoms with van der Waals surface area (Å²) in [5, 5.41) is 33.7. The molecule has 2 rings (SSSR count). The molecule has 0 heterocycles. The molecule has 0 fully saturated rings. The molecule has 0 radical (unpaired) electrons. The van der Waals surface area contributed by atoms with E-state index in [1.54, 1.807) is 0 Å². The van der Waals surface area contributed by atoms with Crippen molar-refractivity contribution in [3.8, 4) is 11.5 Å². The number of amidine groups is 2. The van der Waals surface area contributed by atoms with Crippen molar-refractivity contribution in [2.75, 3.05) is 0 Å². The number of benzene rings is 2. The molecule has 0 spiro atoms. The number of rotatable bonds is 4. The van der Waals surface area contributed by atoms with Gasteiger partial charge in [0.05, 0.1) is 22.5 Å². The Bertz CT molecular complexity index is 948. The van der Waals surface area contributed by atoms with E-state index >= 15 is 0 Å². The predicted octanol–water partition coefficient (Wildman–Crippen LogP) is 3.79. The fraction of sp³-hybridized carbons (Fsp3) is 0. The summed E-state index contributed by atoms with van der Waals surface area (Å²) in [5.74, 6) is -0.245. The minimum atomic E-state index is -0.122. The van der Waals surface area contributed by atoms with Gasteiger partial charge in [0.25, 0.3) is 0 Å². The zero-order chi connectivity index (χ0) is 22.8. The van der Waals surface area contributed by atoms with Gasteiger partial charge in [0.2, 0.25) is 0 Å². The van der Waals surface area contributed by atoms with Crippen LogP contribution in [0.5, 0.6) is 11.5 Å². The number of phenolic OH excluding ortho intramolecular Hbond substituents is 2. The van der Waals surface area contributed by atoms with E-state index in [4.69, 9.17) is 57.9 Å². The average molecular weight is 582 g/mol. The van der Waals surface area contributed by atoms with Crippen LogP contribution in [0.15, 0.2) is 44.7 Å². The Morgan fingerprint density at radius 3 is 1.35 bits per heavy atom. The van der Waals surface area contributed by atoms with Crippen LogP contribution < -0.4 is 11.5 Å². The molecular weight excluding hydrogens is 570 g/mol. The van der Waals surface area contributed by atoms with Gasteiger partial charge in [0.1, 0.15) is 11.5 Å². The number of aromatic hydroxyl groups is 2. The van der Waals surface area contributed by atoms with Crippen LogP contribution in [0.2, 0.25) is 20.1 Å². The third kappa shape index (κ3) is 11.0. The van der Waals surface area contributed by atoms with Crippen molar-refractivity contribution in [2.45, 2.75) is 0 Å². The summed E-state index contributed by atoms with van der Waals surface area (Å²) in [5.41, 5.74) is 10.9. The number of nitrogens with zero attached hydrogens (tertiary/aromatic N) is 4. The van der Waals surface area contributed by atoms with E-state index in [1.807, 2.05) is 0 Å². The zero-order valence-electron chi connectivity index (χ0n) is 15.0.